The monoisotopic (exact) mass is 470 g/mol. The number of carbonyl (C=O) groups is 1. The van der Waals surface area contributed by atoms with E-state index in [2.05, 4.69) is 36.9 Å². The zero-order chi connectivity index (χ0) is 18.1. The van der Waals surface area contributed by atoms with Crippen LogP contribution in [0.25, 0.3) is 0 Å². The molecule has 2 aliphatic heterocycles. The lowest BCUT2D eigenvalue weighted by Crippen LogP contribution is -2.41. The number of carboxylic acid groups (broad SMARTS) is 1. The Balaban J connectivity index is 2.07. The molecule has 0 aliphatic carbocycles. The molecule has 8 heteroatoms. The lowest BCUT2D eigenvalue weighted by atomic mass is 9.95. The number of hydrogen-bond acceptors (Lipinski definition) is 5. The molecule has 0 spiro atoms. The molecule has 0 amide bonds. The summed E-state index contributed by atoms with van der Waals surface area (Å²) in [6.45, 7) is 0. The molecule has 2 aliphatic rings. The van der Waals surface area contributed by atoms with Crippen molar-refractivity contribution in [3.05, 3.63) is 45.0 Å². The number of hydrogen-bond donors (Lipinski definition) is 1. The average Bonchev–Trinajstić information content (AvgIpc) is 2.60. The zero-order valence-corrected chi connectivity index (χ0v) is 16.7. The standard InChI is InChI=1S/C17H16Br2N2O4/c1-24-14-4-3-9(5-15(14)25-2)13-7-12(17(22)23)20-16-11(19)6-10(18)8-21(13)16/h3-6,8,12-13H,7H2,1-2H3,(H,22,23). The minimum absolute atomic E-state index is 0.192. The van der Waals surface area contributed by atoms with Gasteiger partial charge in [-0.1, -0.05) is 6.07 Å². The molecule has 0 aromatic heterocycles. The van der Waals surface area contributed by atoms with Gasteiger partial charge in [0.15, 0.2) is 17.5 Å². The number of halogens is 2. The lowest BCUT2D eigenvalue weighted by Gasteiger charge is -2.38. The number of fused-ring (bicyclic) bond motifs is 1. The summed E-state index contributed by atoms with van der Waals surface area (Å²) in [6.07, 6.45) is 4.11. The summed E-state index contributed by atoms with van der Waals surface area (Å²) < 4.78 is 12.3. The minimum Gasteiger partial charge on any atom is -0.493 e. The highest BCUT2D eigenvalue weighted by Gasteiger charge is 2.36. The number of aliphatic carboxylic acids is 1. The van der Waals surface area contributed by atoms with Crippen LogP contribution in [0.5, 0.6) is 11.5 Å². The molecule has 1 aromatic rings. The maximum absolute atomic E-state index is 11.6. The number of carboxylic acids is 1. The van der Waals surface area contributed by atoms with E-state index in [9.17, 15) is 9.90 Å². The zero-order valence-electron chi connectivity index (χ0n) is 13.6. The average molecular weight is 472 g/mol. The van der Waals surface area contributed by atoms with Crippen LogP contribution in [0.15, 0.2) is 44.4 Å². The number of ether oxygens (including phenoxy) is 2. The van der Waals surface area contributed by atoms with Gasteiger partial charge in [0.05, 0.1) is 24.7 Å². The first-order valence-corrected chi connectivity index (χ1v) is 9.09. The van der Waals surface area contributed by atoms with E-state index in [1.807, 2.05) is 35.4 Å². The molecule has 2 atom stereocenters. The summed E-state index contributed by atoms with van der Waals surface area (Å²) in [5, 5.41) is 9.48. The van der Waals surface area contributed by atoms with Crippen LogP contribution in [0, 0.1) is 0 Å². The summed E-state index contributed by atoms with van der Waals surface area (Å²) in [7, 11) is 3.15. The largest absolute Gasteiger partial charge is 0.493 e. The number of aliphatic imine (C=N–C) groups is 1. The van der Waals surface area contributed by atoms with Gasteiger partial charge in [-0.3, -0.25) is 4.99 Å². The first-order valence-electron chi connectivity index (χ1n) is 7.50. The molecule has 0 radical (unpaired) electrons. The molecule has 0 bridgehead atoms. The quantitative estimate of drug-likeness (QED) is 0.722. The minimum atomic E-state index is -0.938. The van der Waals surface area contributed by atoms with Crippen LogP contribution < -0.4 is 9.47 Å². The molecule has 2 heterocycles. The van der Waals surface area contributed by atoms with E-state index in [0.29, 0.717) is 23.8 Å². The molecular weight excluding hydrogens is 456 g/mol. The predicted molar refractivity (Wildman–Crippen MR) is 102 cm³/mol. The first-order chi connectivity index (χ1) is 11.9. The van der Waals surface area contributed by atoms with Gasteiger partial charge in [-0.25, -0.2) is 4.79 Å². The second-order valence-corrected chi connectivity index (χ2v) is 7.36. The van der Waals surface area contributed by atoms with Crippen LogP contribution in [0.4, 0.5) is 0 Å². The molecule has 1 N–H and O–H groups in total. The summed E-state index contributed by atoms with van der Waals surface area (Å²) in [6, 6.07) is 4.61. The van der Waals surface area contributed by atoms with Crippen LogP contribution in [0.3, 0.4) is 0 Å². The van der Waals surface area contributed by atoms with Crippen molar-refractivity contribution < 1.29 is 19.4 Å². The van der Waals surface area contributed by atoms with Gasteiger partial charge in [0.25, 0.3) is 0 Å². The lowest BCUT2D eigenvalue weighted by molar-refractivity contribution is -0.139. The van der Waals surface area contributed by atoms with Crippen molar-refractivity contribution in [2.75, 3.05) is 14.2 Å². The molecule has 3 rings (SSSR count). The van der Waals surface area contributed by atoms with Gasteiger partial charge in [0.2, 0.25) is 0 Å². The molecule has 0 saturated heterocycles. The van der Waals surface area contributed by atoms with E-state index >= 15 is 0 Å². The fourth-order valence-corrected chi connectivity index (χ4v) is 4.25. The highest BCUT2D eigenvalue weighted by atomic mass is 79.9. The van der Waals surface area contributed by atoms with E-state index in [-0.39, 0.29) is 6.04 Å². The fraction of sp³-hybridized carbons (Fsp3) is 0.294. The Kier molecular flexibility index (Phi) is 5.19. The van der Waals surface area contributed by atoms with E-state index in [1.54, 1.807) is 14.2 Å². The summed E-state index contributed by atoms with van der Waals surface area (Å²) >= 11 is 6.96. The Hall–Kier alpha value is -1.80. The van der Waals surface area contributed by atoms with Gasteiger partial charge in [-0.15, -0.1) is 0 Å². The smallest absolute Gasteiger partial charge is 0.328 e. The van der Waals surface area contributed by atoms with Gasteiger partial charge < -0.3 is 19.5 Å². The molecule has 1 aromatic carbocycles. The number of amidine groups is 1. The molecule has 0 fully saturated rings. The van der Waals surface area contributed by atoms with Crippen molar-refractivity contribution in [1.82, 2.24) is 4.90 Å². The maximum Gasteiger partial charge on any atom is 0.328 e. The van der Waals surface area contributed by atoms with Crippen molar-refractivity contribution in [3.63, 3.8) is 0 Å². The third-order valence-corrected chi connectivity index (χ3v) is 5.14. The molecular formula is C17H16Br2N2O4. The number of methoxy groups -OCH3 is 2. The van der Waals surface area contributed by atoms with E-state index in [1.165, 1.54) is 0 Å². The Bertz CT molecular complexity index is 804. The second-order valence-electron chi connectivity index (χ2n) is 5.59. The highest BCUT2D eigenvalue weighted by Crippen LogP contribution is 2.40. The molecule has 0 saturated carbocycles. The normalized spacial score (nSPS) is 22.4. The maximum atomic E-state index is 11.6. The fourth-order valence-electron chi connectivity index (χ4n) is 2.94. The summed E-state index contributed by atoms with van der Waals surface area (Å²) in [4.78, 5) is 17.9. The number of benzene rings is 1. The Morgan fingerprint density at radius 2 is 2.00 bits per heavy atom. The molecule has 6 nitrogen and oxygen atoms in total. The van der Waals surface area contributed by atoms with Crippen molar-refractivity contribution >= 4 is 43.7 Å². The Morgan fingerprint density at radius 3 is 2.64 bits per heavy atom. The molecule has 2 unspecified atom stereocenters. The third kappa shape index (κ3) is 3.46. The van der Waals surface area contributed by atoms with E-state index < -0.39 is 12.0 Å². The SMILES string of the molecule is COc1ccc(C2CC(C(=O)O)N=C3C(Br)=CC(Br)=CN32)cc1OC. The Morgan fingerprint density at radius 1 is 1.28 bits per heavy atom. The van der Waals surface area contributed by atoms with Crippen LogP contribution in [-0.2, 0) is 4.79 Å². The van der Waals surface area contributed by atoms with Crippen LogP contribution >= 0.6 is 31.9 Å². The third-order valence-electron chi connectivity index (χ3n) is 4.12. The Labute approximate surface area is 162 Å². The highest BCUT2D eigenvalue weighted by molar-refractivity contribution is 9.12. The van der Waals surface area contributed by atoms with E-state index in [0.717, 1.165) is 14.5 Å². The summed E-state index contributed by atoms with van der Waals surface area (Å²) in [5.74, 6) is 0.890. The van der Waals surface area contributed by atoms with Gasteiger partial charge in [0, 0.05) is 17.1 Å². The predicted octanol–water partition coefficient (Wildman–Crippen LogP) is 3.83. The van der Waals surface area contributed by atoms with Crippen LogP contribution in [-0.4, -0.2) is 42.1 Å². The van der Waals surface area contributed by atoms with E-state index in [4.69, 9.17) is 9.47 Å². The molecule has 25 heavy (non-hydrogen) atoms. The number of rotatable bonds is 4. The van der Waals surface area contributed by atoms with Gasteiger partial charge in [-0.2, -0.15) is 0 Å². The van der Waals surface area contributed by atoms with Gasteiger partial charge in [-0.05, 0) is 55.6 Å². The first kappa shape index (κ1) is 18.0. The summed E-state index contributed by atoms with van der Waals surface area (Å²) in [5.41, 5.74) is 0.926. The van der Waals surface area contributed by atoms with Crippen molar-refractivity contribution in [2.24, 2.45) is 4.99 Å². The van der Waals surface area contributed by atoms with Crippen molar-refractivity contribution in [1.29, 1.82) is 0 Å². The van der Waals surface area contributed by atoms with Gasteiger partial charge >= 0.3 is 5.97 Å². The topological polar surface area (TPSA) is 71.4 Å². The molecule has 132 valence electrons. The second kappa shape index (κ2) is 7.21. The van der Waals surface area contributed by atoms with Crippen molar-refractivity contribution in [2.45, 2.75) is 18.5 Å². The van der Waals surface area contributed by atoms with Crippen LogP contribution in [0.1, 0.15) is 18.0 Å². The van der Waals surface area contributed by atoms with Crippen molar-refractivity contribution in [3.8, 4) is 11.5 Å². The number of allylic oxidation sites excluding steroid dienone is 2. The van der Waals surface area contributed by atoms with Crippen LogP contribution in [0.2, 0.25) is 0 Å². The van der Waals surface area contributed by atoms with Gasteiger partial charge in [0.1, 0.15) is 5.84 Å². The number of nitrogens with zero attached hydrogens (tertiary/aromatic N) is 2.